The molecule has 2 aromatic rings. The van der Waals surface area contributed by atoms with Gasteiger partial charge in [0.05, 0.1) is 17.0 Å². The number of nitrogens with zero attached hydrogens (tertiary/aromatic N) is 3. The van der Waals surface area contributed by atoms with Crippen LogP contribution in [0.1, 0.15) is 5.89 Å². The third kappa shape index (κ3) is 1.98. The van der Waals surface area contributed by atoms with Crippen molar-refractivity contribution in [3.8, 4) is 17.1 Å². The Morgan fingerprint density at radius 1 is 1.56 bits per heavy atom. The van der Waals surface area contributed by atoms with Crippen LogP contribution in [0, 0.1) is 15.9 Å². The van der Waals surface area contributed by atoms with Crippen LogP contribution in [0.25, 0.3) is 11.4 Å². The second-order valence-electron chi connectivity index (χ2n) is 3.29. The Hall–Kier alpha value is -2.55. The van der Waals surface area contributed by atoms with Crippen LogP contribution in [0.2, 0.25) is 0 Å². The first-order chi connectivity index (χ1) is 8.52. The number of phenolic OH excluding ortho intramolecular Hbond substituents is 1. The van der Waals surface area contributed by atoms with Gasteiger partial charge in [-0.25, -0.2) is 0 Å². The first-order valence-corrected chi connectivity index (χ1v) is 4.73. The first-order valence-electron chi connectivity index (χ1n) is 4.73. The van der Waals surface area contributed by atoms with Crippen molar-refractivity contribution >= 4 is 5.69 Å². The van der Waals surface area contributed by atoms with Crippen molar-refractivity contribution in [2.24, 2.45) is 5.73 Å². The largest absolute Gasteiger partial charge is 0.507 e. The maximum Gasteiger partial charge on any atom is 0.305 e. The Balaban J connectivity index is 2.56. The molecule has 0 aliphatic carbocycles. The smallest absolute Gasteiger partial charge is 0.305 e. The molecule has 1 aromatic heterocycles. The average molecular weight is 254 g/mol. The number of hydrogen-bond acceptors (Lipinski definition) is 7. The lowest BCUT2D eigenvalue weighted by molar-refractivity contribution is -0.387. The number of nitrogens with two attached hydrogens (primary N) is 1. The molecule has 0 amide bonds. The number of rotatable bonds is 3. The van der Waals surface area contributed by atoms with Crippen molar-refractivity contribution in [3.63, 3.8) is 0 Å². The van der Waals surface area contributed by atoms with E-state index in [-0.39, 0.29) is 23.8 Å². The van der Waals surface area contributed by atoms with Gasteiger partial charge in [-0.15, -0.1) is 0 Å². The summed E-state index contributed by atoms with van der Waals surface area (Å²) in [6, 6.07) is 1.45. The number of aromatic hydroxyl groups is 1. The quantitative estimate of drug-likeness (QED) is 0.616. The molecule has 0 saturated heterocycles. The van der Waals surface area contributed by atoms with Gasteiger partial charge < -0.3 is 15.4 Å². The van der Waals surface area contributed by atoms with Gasteiger partial charge >= 0.3 is 5.69 Å². The minimum atomic E-state index is -1.15. The molecule has 1 heterocycles. The Morgan fingerprint density at radius 3 is 2.83 bits per heavy atom. The normalized spacial score (nSPS) is 10.6. The molecule has 0 radical (unpaired) electrons. The molecule has 8 nitrogen and oxygen atoms in total. The van der Waals surface area contributed by atoms with Crippen molar-refractivity contribution in [1.82, 2.24) is 10.1 Å². The first kappa shape index (κ1) is 11.9. The van der Waals surface area contributed by atoms with E-state index >= 15 is 0 Å². The molecule has 2 rings (SSSR count). The molecule has 9 heteroatoms. The number of aromatic nitrogens is 2. The molecular weight excluding hydrogens is 247 g/mol. The van der Waals surface area contributed by atoms with E-state index in [2.05, 4.69) is 10.1 Å². The Bertz CT molecular complexity index is 613. The number of nitro benzene ring substituents is 1. The SMILES string of the molecule is NCc1nc(-c2cc([N+](=O)[O-])c(F)cc2O)no1. The lowest BCUT2D eigenvalue weighted by atomic mass is 10.1. The molecule has 0 spiro atoms. The summed E-state index contributed by atoms with van der Waals surface area (Å²) in [5.74, 6) is -1.68. The predicted molar refractivity (Wildman–Crippen MR) is 55.9 cm³/mol. The molecule has 0 unspecified atom stereocenters. The molecular formula is C9H7FN4O4. The molecule has 3 N–H and O–H groups in total. The van der Waals surface area contributed by atoms with Gasteiger partial charge in [0.2, 0.25) is 17.5 Å². The topological polar surface area (TPSA) is 128 Å². The van der Waals surface area contributed by atoms with Gasteiger partial charge in [0.25, 0.3) is 0 Å². The van der Waals surface area contributed by atoms with Crippen LogP contribution < -0.4 is 5.73 Å². The molecule has 0 aliphatic heterocycles. The van der Waals surface area contributed by atoms with Crippen LogP contribution in [0.15, 0.2) is 16.7 Å². The zero-order valence-electron chi connectivity index (χ0n) is 8.83. The van der Waals surface area contributed by atoms with Crippen LogP contribution in [0.5, 0.6) is 5.75 Å². The number of hydrogen-bond donors (Lipinski definition) is 2. The van der Waals surface area contributed by atoms with E-state index in [0.29, 0.717) is 6.07 Å². The van der Waals surface area contributed by atoms with E-state index in [9.17, 15) is 19.6 Å². The minimum absolute atomic E-state index is 0.0168. The summed E-state index contributed by atoms with van der Waals surface area (Å²) in [5.41, 5.74) is 4.36. The number of phenols is 1. The Kier molecular flexibility index (Phi) is 2.90. The molecule has 0 aliphatic rings. The van der Waals surface area contributed by atoms with Crippen molar-refractivity contribution in [1.29, 1.82) is 0 Å². The summed E-state index contributed by atoms with van der Waals surface area (Å²) in [4.78, 5) is 13.4. The molecule has 94 valence electrons. The molecule has 0 fully saturated rings. The van der Waals surface area contributed by atoms with E-state index in [1.54, 1.807) is 0 Å². The maximum atomic E-state index is 13.2. The van der Waals surface area contributed by atoms with E-state index in [4.69, 9.17) is 10.3 Å². The lowest BCUT2D eigenvalue weighted by Gasteiger charge is -2.00. The van der Waals surface area contributed by atoms with Crippen LogP contribution in [-0.2, 0) is 6.54 Å². The van der Waals surface area contributed by atoms with Gasteiger partial charge in [-0.3, -0.25) is 10.1 Å². The molecule has 0 bridgehead atoms. The van der Waals surface area contributed by atoms with Gasteiger partial charge in [-0.1, -0.05) is 5.16 Å². The second-order valence-corrected chi connectivity index (χ2v) is 3.29. The standard InChI is InChI=1S/C9H7FN4O4/c10-5-2-7(15)4(1-6(5)14(16)17)9-12-8(3-11)18-13-9/h1-2,15H,3,11H2. The summed E-state index contributed by atoms with van der Waals surface area (Å²) >= 11 is 0. The van der Waals surface area contributed by atoms with E-state index < -0.39 is 22.2 Å². The van der Waals surface area contributed by atoms with Crippen LogP contribution in [0.3, 0.4) is 0 Å². The minimum Gasteiger partial charge on any atom is -0.507 e. The fraction of sp³-hybridized carbons (Fsp3) is 0.111. The van der Waals surface area contributed by atoms with Crippen LogP contribution in [-0.4, -0.2) is 20.2 Å². The van der Waals surface area contributed by atoms with E-state index in [1.165, 1.54) is 0 Å². The zero-order valence-corrected chi connectivity index (χ0v) is 8.83. The van der Waals surface area contributed by atoms with Crippen molar-refractivity contribution < 1.29 is 18.9 Å². The highest BCUT2D eigenvalue weighted by Gasteiger charge is 2.21. The Morgan fingerprint density at radius 2 is 2.28 bits per heavy atom. The highest BCUT2D eigenvalue weighted by Crippen LogP contribution is 2.32. The fourth-order valence-electron chi connectivity index (χ4n) is 1.32. The maximum absolute atomic E-state index is 13.2. The summed E-state index contributed by atoms with van der Waals surface area (Å²) in [6.07, 6.45) is 0. The summed E-state index contributed by atoms with van der Waals surface area (Å²) in [6.45, 7) is -0.0168. The monoisotopic (exact) mass is 254 g/mol. The van der Waals surface area contributed by atoms with Gasteiger partial charge in [-0.05, 0) is 0 Å². The summed E-state index contributed by atoms with van der Waals surface area (Å²) in [5, 5.41) is 23.6. The highest BCUT2D eigenvalue weighted by molar-refractivity contribution is 5.67. The zero-order chi connectivity index (χ0) is 13.3. The third-order valence-corrected chi connectivity index (χ3v) is 2.15. The lowest BCUT2D eigenvalue weighted by Crippen LogP contribution is -1.96. The molecule has 18 heavy (non-hydrogen) atoms. The number of nitro groups is 1. The molecule has 1 aromatic carbocycles. The van der Waals surface area contributed by atoms with E-state index in [1.807, 2.05) is 0 Å². The average Bonchev–Trinajstić information content (AvgIpc) is 2.77. The van der Waals surface area contributed by atoms with Gasteiger partial charge in [0.15, 0.2) is 0 Å². The van der Waals surface area contributed by atoms with Crippen molar-refractivity contribution in [2.75, 3.05) is 0 Å². The highest BCUT2D eigenvalue weighted by atomic mass is 19.1. The molecule has 0 atom stereocenters. The second kappa shape index (κ2) is 4.37. The van der Waals surface area contributed by atoms with Crippen molar-refractivity contribution in [3.05, 3.63) is 34.0 Å². The van der Waals surface area contributed by atoms with Crippen molar-refractivity contribution in [2.45, 2.75) is 6.54 Å². The predicted octanol–water partition coefficient (Wildman–Crippen LogP) is 0.948. The van der Waals surface area contributed by atoms with Crippen LogP contribution >= 0.6 is 0 Å². The summed E-state index contributed by atoms with van der Waals surface area (Å²) in [7, 11) is 0. The van der Waals surface area contributed by atoms with Gasteiger partial charge in [0.1, 0.15) is 5.75 Å². The fourth-order valence-corrected chi connectivity index (χ4v) is 1.32. The number of benzene rings is 1. The number of halogens is 1. The molecule has 0 saturated carbocycles. The third-order valence-electron chi connectivity index (χ3n) is 2.15. The van der Waals surface area contributed by atoms with E-state index in [0.717, 1.165) is 6.07 Å². The van der Waals surface area contributed by atoms with Gasteiger partial charge in [0, 0.05) is 12.1 Å². The van der Waals surface area contributed by atoms with Gasteiger partial charge in [-0.2, -0.15) is 9.37 Å². The Labute approximate surface area is 99.0 Å². The van der Waals surface area contributed by atoms with Crippen LogP contribution in [0.4, 0.5) is 10.1 Å². The summed E-state index contributed by atoms with van der Waals surface area (Å²) < 4.78 is 17.9.